The monoisotopic (exact) mass is 252 g/mol. The fourth-order valence-electron chi connectivity index (χ4n) is 1.51. The largest absolute Gasteiger partial charge is 0.481 e. The Hall–Kier alpha value is -2.64. The van der Waals surface area contributed by atoms with Crippen molar-refractivity contribution in [2.45, 2.75) is 12.5 Å². The van der Waals surface area contributed by atoms with Crippen molar-refractivity contribution < 1.29 is 14.8 Å². The van der Waals surface area contributed by atoms with E-state index in [0.29, 0.717) is 0 Å². The maximum Gasteiger partial charge on any atom is 0.305 e. The number of nitrogens with zero attached hydrogens (tertiary/aromatic N) is 2. The number of para-hydroxylation sites is 1. The third-order valence-electron chi connectivity index (χ3n) is 2.17. The smallest absolute Gasteiger partial charge is 0.305 e. The first-order chi connectivity index (χ1) is 8.41. The Bertz CT molecular complexity index is 496. The molecule has 8 heteroatoms. The van der Waals surface area contributed by atoms with Crippen LogP contribution in [-0.4, -0.2) is 22.0 Å². The van der Waals surface area contributed by atoms with E-state index >= 15 is 0 Å². The third-order valence-corrected chi connectivity index (χ3v) is 2.17. The molecule has 0 aromatic heterocycles. The van der Waals surface area contributed by atoms with Gasteiger partial charge in [0.05, 0.1) is 22.9 Å². The second-order valence-corrected chi connectivity index (χ2v) is 3.48. The quantitative estimate of drug-likeness (QED) is 0.299. The second-order valence-electron chi connectivity index (χ2n) is 3.48. The molecule has 0 amide bonds. The van der Waals surface area contributed by atoms with Crippen LogP contribution < -0.4 is 11.5 Å². The lowest BCUT2D eigenvalue weighted by atomic mass is 10.0. The summed E-state index contributed by atoms with van der Waals surface area (Å²) in [4.78, 5) is 24.7. The first-order valence-electron chi connectivity index (χ1n) is 4.95. The highest BCUT2D eigenvalue weighted by Gasteiger charge is 2.23. The molecule has 1 unspecified atom stereocenters. The average molecular weight is 252 g/mol. The number of carboxylic acids is 1. The normalized spacial score (nSPS) is 11.6. The SMILES string of the molecule is NC(N)=NC(CC(=O)O)c1ccccc1[N+](=O)[O-]. The predicted octanol–water partition coefficient (Wildman–Crippen LogP) is 0.384. The number of aliphatic carboxylic acids is 1. The molecule has 0 aliphatic carbocycles. The van der Waals surface area contributed by atoms with Gasteiger partial charge >= 0.3 is 5.97 Å². The van der Waals surface area contributed by atoms with Crippen LogP contribution in [0, 0.1) is 10.1 Å². The topological polar surface area (TPSA) is 145 Å². The molecule has 0 saturated heterocycles. The zero-order valence-corrected chi connectivity index (χ0v) is 9.31. The number of hydrogen-bond acceptors (Lipinski definition) is 4. The molecule has 0 fully saturated rings. The molecular weight excluding hydrogens is 240 g/mol. The Morgan fingerprint density at radius 3 is 2.56 bits per heavy atom. The van der Waals surface area contributed by atoms with E-state index in [0.717, 1.165) is 0 Å². The summed E-state index contributed by atoms with van der Waals surface area (Å²) in [6, 6.07) is 4.76. The van der Waals surface area contributed by atoms with Crippen LogP contribution in [0.2, 0.25) is 0 Å². The van der Waals surface area contributed by atoms with Gasteiger partial charge < -0.3 is 16.6 Å². The van der Waals surface area contributed by atoms with E-state index in [1.54, 1.807) is 6.07 Å². The lowest BCUT2D eigenvalue weighted by molar-refractivity contribution is -0.385. The summed E-state index contributed by atoms with van der Waals surface area (Å²) in [6.07, 6.45) is -0.428. The first kappa shape index (κ1) is 13.4. The number of guanidine groups is 1. The minimum Gasteiger partial charge on any atom is -0.481 e. The van der Waals surface area contributed by atoms with Crippen LogP contribution >= 0.6 is 0 Å². The van der Waals surface area contributed by atoms with E-state index in [9.17, 15) is 14.9 Å². The number of hydrogen-bond donors (Lipinski definition) is 3. The van der Waals surface area contributed by atoms with Gasteiger partial charge in [-0.1, -0.05) is 12.1 Å². The molecule has 96 valence electrons. The van der Waals surface area contributed by atoms with Gasteiger partial charge in [-0.05, 0) is 6.07 Å². The van der Waals surface area contributed by atoms with Crippen molar-refractivity contribution in [2.75, 3.05) is 0 Å². The number of nitro benzene ring substituents is 1. The number of nitro groups is 1. The maximum atomic E-state index is 10.8. The molecular formula is C10H12N4O4. The van der Waals surface area contributed by atoms with Gasteiger partial charge in [0, 0.05) is 6.07 Å². The van der Waals surface area contributed by atoms with Crippen LogP contribution in [-0.2, 0) is 4.79 Å². The third kappa shape index (κ3) is 3.44. The second kappa shape index (κ2) is 5.62. The van der Waals surface area contributed by atoms with Gasteiger partial charge in [-0.25, -0.2) is 4.99 Å². The summed E-state index contributed by atoms with van der Waals surface area (Å²) in [7, 11) is 0. The molecule has 1 aromatic carbocycles. The highest BCUT2D eigenvalue weighted by molar-refractivity contribution is 5.77. The Morgan fingerprint density at radius 1 is 1.44 bits per heavy atom. The van der Waals surface area contributed by atoms with Gasteiger partial charge in [-0.15, -0.1) is 0 Å². The van der Waals surface area contributed by atoms with E-state index in [4.69, 9.17) is 16.6 Å². The van der Waals surface area contributed by atoms with Gasteiger partial charge in [0.15, 0.2) is 5.96 Å². The van der Waals surface area contributed by atoms with Crippen molar-refractivity contribution in [3.8, 4) is 0 Å². The van der Waals surface area contributed by atoms with Crippen LogP contribution in [0.3, 0.4) is 0 Å². The van der Waals surface area contributed by atoms with Crippen molar-refractivity contribution in [1.82, 2.24) is 0 Å². The molecule has 8 nitrogen and oxygen atoms in total. The van der Waals surface area contributed by atoms with E-state index in [1.807, 2.05) is 0 Å². The van der Waals surface area contributed by atoms with Gasteiger partial charge in [-0.2, -0.15) is 0 Å². The summed E-state index contributed by atoms with van der Waals surface area (Å²) in [5.74, 6) is -1.47. The van der Waals surface area contributed by atoms with E-state index in [2.05, 4.69) is 4.99 Å². The van der Waals surface area contributed by atoms with Crippen LogP contribution in [0.15, 0.2) is 29.3 Å². The number of benzene rings is 1. The van der Waals surface area contributed by atoms with E-state index in [1.165, 1.54) is 18.2 Å². The van der Waals surface area contributed by atoms with Gasteiger partial charge in [0.2, 0.25) is 0 Å². The van der Waals surface area contributed by atoms with Crippen LogP contribution in [0.25, 0.3) is 0 Å². The Balaban J connectivity index is 3.24. The standard InChI is InChI=1S/C10H12N4O4/c11-10(12)13-7(5-9(15)16)6-3-1-2-4-8(6)14(17)18/h1-4,7H,5H2,(H,15,16)(H4,11,12,13). The molecule has 1 atom stereocenters. The number of rotatable bonds is 5. The number of carboxylic acid groups (broad SMARTS) is 1. The molecule has 0 radical (unpaired) electrons. The summed E-state index contributed by atoms with van der Waals surface area (Å²) in [5, 5.41) is 19.6. The van der Waals surface area contributed by atoms with Crippen molar-refractivity contribution in [2.24, 2.45) is 16.5 Å². The Labute approximate surface area is 102 Å². The highest BCUT2D eigenvalue weighted by atomic mass is 16.6. The number of nitrogens with two attached hydrogens (primary N) is 2. The van der Waals surface area contributed by atoms with Gasteiger partial charge in [0.1, 0.15) is 0 Å². The number of aliphatic imine (C=N–C) groups is 1. The minimum absolute atomic E-state index is 0.165. The summed E-state index contributed by atoms with van der Waals surface area (Å²) in [5.41, 5.74) is 10.3. The molecule has 1 aromatic rings. The summed E-state index contributed by atoms with van der Waals surface area (Å²) in [6.45, 7) is 0. The lowest BCUT2D eigenvalue weighted by Gasteiger charge is -2.11. The first-order valence-corrected chi connectivity index (χ1v) is 4.95. The summed E-state index contributed by atoms with van der Waals surface area (Å²) >= 11 is 0. The van der Waals surface area contributed by atoms with Crippen molar-refractivity contribution >= 4 is 17.6 Å². The average Bonchev–Trinajstić information content (AvgIpc) is 2.26. The van der Waals surface area contributed by atoms with E-state index in [-0.39, 0.29) is 17.2 Å². The van der Waals surface area contributed by atoms with Crippen molar-refractivity contribution in [3.63, 3.8) is 0 Å². The van der Waals surface area contributed by atoms with Crippen LogP contribution in [0.5, 0.6) is 0 Å². The molecule has 0 aliphatic rings. The molecule has 0 saturated carbocycles. The maximum absolute atomic E-state index is 10.8. The molecule has 5 N–H and O–H groups in total. The van der Waals surface area contributed by atoms with E-state index < -0.39 is 23.4 Å². The lowest BCUT2D eigenvalue weighted by Crippen LogP contribution is -2.24. The fourth-order valence-corrected chi connectivity index (χ4v) is 1.51. The van der Waals surface area contributed by atoms with Gasteiger partial charge in [-0.3, -0.25) is 14.9 Å². The summed E-state index contributed by atoms with van der Waals surface area (Å²) < 4.78 is 0. The van der Waals surface area contributed by atoms with Crippen LogP contribution in [0.1, 0.15) is 18.0 Å². The zero-order chi connectivity index (χ0) is 13.7. The minimum atomic E-state index is -1.15. The van der Waals surface area contributed by atoms with Gasteiger partial charge in [0.25, 0.3) is 5.69 Å². The zero-order valence-electron chi connectivity index (χ0n) is 9.31. The fraction of sp³-hybridized carbons (Fsp3) is 0.200. The molecule has 18 heavy (non-hydrogen) atoms. The Kier molecular flexibility index (Phi) is 4.19. The number of carbonyl (C=O) groups is 1. The molecule has 0 spiro atoms. The van der Waals surface area contributed by atoms with Crippen molar-refractivity contribution in [1.29, 1.82) is 0 Å². The molecule has 0 bridgehead atoms. The predicted molar refractivity (Wildman–Crippen MR) is 63.9 cm³/mol. The van der Waals surface area contributed by atoms with Crippen LogP contribution in [0.4, 0.5) is 5.69 Å². The molecule has 1 rings (SSSR count). The molecule has 0 aliphatic heterocycles. The Morgan fingerprint density at radius 2 is 2.06 bits per heavy atom. The highest BCUT2D eigenvalue weighted by Crippen LogP contribution is 2.29. The molecule has 0 heterocycles. The van der Waals surface area contributed by atoms with Crippen molar-refractivity contribution in [3.05, 3.63) is 39.9 Å².